The maximum Gasteiger partial charge on any atom is 0.254 e. The Morgan fingerprint density at radius 2 is 1.79 bits per heavy atom. The van der Waals surface area contributed by atoms with Crippen LogP contribution < -0.4 is 4.90 Å². The van der Waals surface area contributed by atoms with Gasteiger partial charge in [-0.15, -0.1) is 0 Å². The van der Waals surface area contributed by atoms with Gasteiger partial charge in [-0.3, -0.25) is 4.79 Å². The van der Waals surface area contributed by atoms with E-state index in [0.29, 0.717) is 11.1 Å². The van der Waals surface area contributed by atoms with Crippen LogP contribution in [0, 0.1) is 11.3 Å². The van der Waals surface area contributed by atoms with E-state index in [4.69, 9.17) is 5.26 Å². The van der Waals surface area contributed by atoms with Gasteiger partial charge in [0.05, 0.1) is 23.7 Å². The van der Waals surface area contributed by atoms with Crippen molar-refractivity contribution in [3.63, 3.8) is 0 Å². The van der Waals surface area contributed by atoms with Crippen molar-refractivity contribution in [2.45, 2.75) is 24.9 Å². The van der Waals surface area contributed by atoms with Gasteiger partial charge in [-0.25, -0.2) is 9.97 Å². The number of hydrogen-bond acceptors (Lipinski definition) is 5. The molecule has 2 aliphatic heterocycles. The monoisotopic (exact) mass is 319 g/mol. The van der Waals surface area contributed by atoms with Crippen molar-refractivity contribution in [2.75, 3.05) is 18.0 Å². The highest BCUT2D eigenvalue weighted by Gasteiger charge is 2.45. The zero-order chi connectivity index (χ0) is 16.5. The molecule has 0 radical (unpaired) electrons. The van der Waals surface area contributed by atoms with Gasteiger partial charge in [0.1, 0.15) is 0 Å². The summed E-state index contributed by atoms with van der Waals surface area (Å²) in [7, 11) is 0. The minimum Gasteiger partial charge on any atom is -0.336 e. The molecule has 0 spiro atoms. The van der Waals surface area contributed by atoms with Crippen LogP contribution in [0.25, 0.3) is 0 Å². The van der Waals surface area contributed by atoms with Crippen molar-refractivity contribution >= 4 is 11.9 Å². The average molecular weight is 319 g/mol. The minimum atomic E-state index is 0.0443. The molecule has 6 heteroatoms. The van der Waals surface area contributed by atoms with Crippen LogP contribution in [-0.2, 0) is 0 Å². The molecule has 0 aliphatic carbocycles. The maximum atomic E-state index is 12.8. The predicted octanol–water partition coefficient (Wildman–Crippen LogP) is 1.84. The van der Waals surface area contributed by atoms with Crippen molar-refractivity contribution < 1.29 is 4.79 Å². The van der Waals surface area contributed by atoms with Gasteiger partial charge in [0.25, 0.3) is 5.91 Å². The van der Waals surface area contributed by atoms with Crippen LogP contribution >= 0.6 is 0 Å². The molecule has 1 aromatic heterocycles. The number of fused-ring (bicyclic) bond motifs is 1. The molecule has 2 fully saturated rings. The van der Waals surface area contributed by atoms with Gasteiger partial charge >= 0.3 is 0 Å². The summed E-state index contributed by atoms with van der Waals surface area (Å²) in [6, 6.07) is 11.2. The molecule has 1 aromatic carbocycles. The van der Waals surface area contributed by atoms with Gasteiger partial charge in [-0.2, -0.15) is 5.26 Å². The second-order valence-corrected chi connectivity index (χ2v) is 6.14. The van der Waals surface area contributed by atoms with Crippen LogP contribution in [0.3, 0.4) is 0 Å². The third-order valence-corrected chi connectivity index (χ3v) is 4.91. The Hall–Kier alpha value is -2.94. The van der Waals surface area contributed by atoms with E-state index in [-0.39, 0.29) is 18.0 Å². The van der Waals surface area contributed by atoms with E-state index < -0.39 is 0 Å². The van der Waals surface area contributed by atoms with E-state index >= 15 is 0 Å². The van der Waals surface area contributed by atoms with Crippen molar-refractivity contribution in [3.05, 3.63) is 53.9 Å². The topological polar surface area (TPSA) is 73.1 Å². The second kappa shape index (κ2) is 5.93. The van der Waals surface area contributed by atoms with Gasteiger partial charge in [-0.05, 0) is 43.2 Å². The second-order valence-electron chi connectivity index (χ2n) is 6.14. The minimum absolute atomic E-state index is 0.0443. The van der Waals surface area contributed by atoms with Crippen molar-refractivity contribution in [1.82, 2.24) is 14.9 Å². The molecule has 0 saturated carbocycles. The summed E-state index contributed by atoms with van der Waals surface area (Å²) < 4.78 is 0. The first-order chi connectivity index (χ1) is 11.8. The molecule has 4 rings (SSSR count). The quantitative estimate of drug-likeness (QED) is 0.844. The molecule has 2 aromatic rings. The largest absolute Gasteiger partial charge is 0.336 e. The molecule has 0 unspecified atom stereocenters. The highest BCUT2D eigenvalue weighted by atomic mass is 16.2. The molecule has 2 atom stereocenters. The van der Waals surface area contributed by atoms with E-state index in [1.54, 1.807) is 36.7 Å². The fourth-order valence-corrected chi connectivity index (χ4v) is 3.78. The number of amides is 1. The Kier molecular flexibility index (Phi) is 3.62. The van der Waals surface area contributed by atoms with Crippen LogP contribution in [0.4, 0.5) is 5.95 Å². The summed E-state index contributed by atoms with van der Waals surface area (Å²) in [5.41, 5.74) is 1.21. The van der Waals surface area contributed by atoms with Gasteiger partial charge in [-0.1, -0.05) is 0 Å². The molecule has 2 aliphatic rings. The molecule has 24 heavy (non-hydrogen) atoms. The van der Waals surface area contributed by atoms with E-state index in [0.717, 1.165) is 31.9 Å². The number of hydrogen-bond donors (Lipinski definition) is 0. The number of aromatic nitrogens is 2. The van der Waals surface area contributed by atoms with Gasteiger partial charge in [0, 0.05) is 31.0 Å². The standard InChI is InChI=1S/C18H17N5O/c19-12-13-2-4-14(5-3-13)17(24)22-10-6-16-15(22)7-11-23(16)18-20-8-1-9-21-18/h1-5,8-9,15-16H,6-7,10-11H2/t15-,16+/m1/s1. The Labute approximate surface area is 140 Å². The Morgan fingerprint density at radius 3 is 2.50 bits per heavy atom. The number of likely N-dealkylation sites (tertiary alicyclic amines) is 1. The smallest absolute Gasteiger partial charge is 0.254 e. The zero-order valence-corrected chi connectivity index (χ0v) is 13.2. The number of rotatable bonds is 2. The first-order valence-electron chi connectivity index (χ1n) is 8.13. The number of nitriles is 1. The summed E-state index contributed by atoms with van der Waals surface area (Å²) in [5.74, 6) is 0.792. The van der Waals surface area contributed by atoms with E-state index in [1.165, 1.54) is 0 Å². The highest BCUT2D eigenvalue weighted by Crippen LogP contribution is 2.34. The Morgan fingerprint density at radius 1 is 1.08 bits per heavy atom. The van der Waals surface area contributed by atoms with E-state index in [9.17, 15) is 4.79 Å². The molecule has 1 amide bonds. The first-order valence-corrected chi connectivity index (χ1v) is 8.13. The van der Waals surface area contributed by atoms with Gasteiger partial charge in [0.2, 0.25) is 5.95 Å². The highest BCUT2D eigenvalue weighted by molar-refractivity contribution is 5.95. The zero-order valence-electron chi connectivity index (χ0n) is 13.2. The predicted molar refractivity (Wildman–Crippen MR) is 88.4 cm³/mol. The molecule has 0 bridgehead atoms. The summed E-state index contributed by atoms with van der Waals surface area (Å²) >= 11 is 0. The number of carbonyl (C=O) groups is 1. The first kappa shape index (κ1) is 14.6. The van der Waals surface area contributed by atoms with Crippen LogP contribution in [0.5, 0.6) is 0 Å². The molecular formula is C18H17N5O. The van der Waals surface area contributed by atoms with E-state index in [2.05, 4.69) is 20.9 Å². The van der Waals surface area contributed by atoms with Crippen LogP contribution in [0.2, 0.25) is 0 Å². The summed E-state index contributed by atoms with van der Waals surface area (Å²) in [4.78, 5) is 25.7. The van der Waals surface area contributed by atoms with Gasteiger partial charge in [0.15, 0.2) is 0 Å². The van der Waals surface area contributed by atoms with E-state index in [1.807, 2.05) is 11.0 Å². The fourth-order valence-electron chi connectivity index (χ4n) is 3.78. The molecule has 3 heterocycles. The molecule has 6 nitrogen and oxygen atoms in total. The third kappa shape index (κ3) is 2.38. The Balaban J connectivity index is 1.53. The molecule has 2 saturated heterocycles. The lowest BCUT2D eigenvalue weighted by Crippen LogP contribution is -2.40. The maximum absolute atomic E-state index is 12.8. The summed E-state index contributed by atoms with van der Waals surface area (Å²) in [6.07, 6.45) is 5.38. The van der Waals surface area contributed by atoms with Crippen molar-refractivity contribution in [3.8, 4) is 6.07 Å². The van der Waals surface area contributed by atoms with Crippen molar-refractivity contribution in [1.29, 1.82) is 5.26 Å². The molecule has 0 N–H and O–H groups in total. The summed E-state index contributed by atoms with van der Waals surface area (Å²) in [5, 5.41) is 8.88. The number of anilines is 1. The number of benzene rings is 1. The summed E-state index contributed by atoms with van der Waals surface area (Å²) in [6.45, 7) is 1.62. The molecular weight excluding hydrogens is 302 g/mol. The molecule has 120 valence electrons. The third-order valence-electron chi connectivity index (χ3n) is 4.91. The lowest BCUT2D eigenvalue weighted by atomic mass is 10.1. The van der Waals surface area contributed by atoms with Crippen LogP contribution in [0.1, 0.15) is 28.8 Å². The van der Waals surface area contributed by atoms with Crippen LogP contribution in [0.15, 0.2) is 42.7 Å². The fraction of sp³-hybridized carbons (Fsp3) is 0.333. The van der Waals surface area contributed by atoms with Crippen LogP contribution in [-0.4, -0.2) is 45.9 Å². The normalized spacial score (nSPS) is 22.3. The SMILES string of the molecule is N#Cc1ccc(C(=O)N2CC[C@H]3[C@H]2CCN3c2ncccn2)cc1. The number of carbonyl (C=O) groups excluding carboxylic acids is 1. The Bertz CT molecular complexity index is 783. The van der Waals surface area contributed by atoms with Gasteiger partial charge < -0.3 is 9.80 Å². The average Bonchev–Trinajstić information content (AvgIpc) is 3.24. The van der Waals surface area contributed by atoms with Crippen molar-refractivity contribution in [2.24, 2.45) is 0 Å². The lowest BCUT2D eigenvalue weighted by molar-refractivity contribution is 0.0737. The lowest BCUT2D eigenvalue weighted by Gasteiger charge is -2.25. The number of nitrogens with zero attached hydrogens (tertiary/aromatic N) is 5.